The van der Waals surface area contributed by atoms with Crippen LogP contribution < -0.4 is 4.90 Å². The summed E-state index contributed by atoms with van der Waals surface area (Å²) < 4.78 is 5.61. The molecule has 2 bridgehead atoms. The lowest BCUT2D eigenvalue weighted by molar-refractivity contribution is -0.123. The highest BCUT2D eigenvalue weighted by molar-refractivity contribution is 9.12. The van der Waals surface area contributed by atoms with Crippen LogP contribution in [0.15, 0.2) is 24.3 Å². The first-order valence-electron chi connectivity index (χ1n) is 10.4. The molecular weight excluding hydrogens is 502 g/mol. The Morgan fingerprint density at radius 2 is 1.45 bits per heavy atom. The van der Waals surface area contributed by atoms with Crippen molar-refractivity contribution in [1.82, 2.24) is 0 Å². The Morgan fingerprint density at radius 3 is 2.00 bits per heavy atom. The van der Waals surface area contributed by atoms with Crippen molar-refractivity contribution in [3.63, 3.8) is 0 Å². The Kier molecular flexibility index (Phi) is 5.09. The third kappa shape index (κ3) is 3.11. The van der Waals surface area contributed by atoms with Gasteiger partial charge in [0.2, 0.25) is 11.8 Å². The molecule has 0 spiro atoms. The first-order chi connectivity index (χ1) is 14.0. The molecule has 7 heteroatoms. The van der Waals surface area contributed by atoms with Gasteiger partial charge in [-0.05, 0) is 68.2 Å². The molecule has 1 aliphatic heterocycles. The first-order valence-corrected chi connectivity index (χ1v) is 12.3. The molecule has 4 aliphatic rings. The van der Waals surface area contributed by atoms with E-state index in [2.05, 4.69) is 31.9 Å². The molecule has 3 aliphatic carbocycles. The van der Waals surface area contributed by atoms with Crippen molar-refractivity contribution in [2.24, 2.45) is 23.7 Å². The van der Waals surface area contributed by atoms with Crippen molar-refractivity contribution in [2.45, 2.75) is 54.3 Å². The van der Waals surface area contributed by atoms with Crippen molar-refractivity contribution >= 4 is 55.3 Å². The molecule has 0 aromatic heterocycles. The number of anilines is 1. The second-order valence-electron chi connectivity index (χ2n) is 8.73. The summed E-state index contributed by atoms with van der Waals surface area (Å²) in [5, 5.41) is 0. The van der Waals surface area contributed by atoms with Gasteiger partial charge in [-0.3, -0.25) is 14.5 Å². The number of amides is 2. The highest BCUT2D eigenvalue weighted by Crippen LogP contribution is 2.60. The van der Waals surface area contributed by atoms with E-state index in [1.54, 1.807) is 24.3 Å². The smallest absolute Gasteiger partial charge is 0.338 e. The number of alkyl halides is 2. The van der Waals surface area contributed by atoms with Crippen LogP contribution in [0, 0.1) is 23.7 Å². The summed E-state index contributed by atoms with van der Waals surface area (Å²) in [7, 11) is 0. The second-order valence-corrected chi connectivity index (χ2v) is 10.8. The molecule has 4 fully saturated rings. The van der Waals surface area contributed by atoms with Crippen LogP contribution in [0.25, 0.3) is 0 Å². The molecule has 0 radical (unpaired) electrons. The van der Waals surface area contributed by atoms with E-state index < -0.39 is 0 Å². The minimum Gasteiger partial charge on any atom is -0.459 e. The molecule has 1 aromatic carbocycles. The van der Waals surface area contributed by atoms with Crippen LogP contribution in [-0.4, -0.2) is 33.5 Å². The van der Waals surface area contributed by atoms with E-state index in [9.17, 15) is 14.4 Å². The van der Waals surface area contributed by atoms with Gasteiger partial charge in [-0.2, -0.15) is 0 Å². The minimum absolute atomic E-state index is 0.00177. The van der Waals surface area contributed by atoms with E-state index in [1.165, 1.54) is 11.3 Å². The van der Waals surface area contributed by atoms with Crippen LogP contribution in [0.2, 0.25) is 0 Å². The van der Waals surface area contributed by atoms with Gasteiger partial charge in [0.25, 0.3) is 0 Å². The number of carbonyl (C=O) groups is 3. The lowest BCUT2D eigenvalue weighted by Crippen LogP contribution is -2.37. The summed E-state index contributed by atoms with van der Waals surface area (Å²) in [5.41, 5.74) is 1.000. The third-order valence-corrected chi connectivity index (χ3v) is 10.4. The Morgan fingerprint density at radius 1 is 0.897 bits per heavy atom. The SMILES string of the molecule is O=C(OC1CCCCC1)c1ccc(N2C(=O)C3C4CC(C(Br)C4Br)C3C2=O)cc1. The van der Waals surface area contributed by atoms with E-state index >= 15 is 0 Å². The quantitative estimate of drug-likeness (QED) is 0.333. The van der Waals surface area contributed by atoms with Crippen LogP contribution in [-0.2, 0) is 14.3 Å². The minimum atomic E-state index is -0.332. The molecule has 154 valence electrons. The summed E-state index contributed by atoms with van der Waals surface area (Å²) in [5.74, 6) is -0.617. The Balaban J connectivity index is 1.32. The molecule has 6 unspecified atom stereocenters. The number of hydrogen-bond acceptors (Lipinski definition) is 4. The number of imide groups is 1. The van der Waals surface area contributed by atoms with Crippen molar-refractivity contribution < 1.29 is 19.1 Å². The zero-order valence-electron chi connectivity index (χ0n) is 15.9. The number of halogens is 2. The molecule has 5 rings (SSSR count). The van der Waals surface area contributed by atoms with Gasteiger partial charge in [0, 0.05) is 9.65 Å². The van der Waals surface area contributed by atoms with Gasteiger partial charge in [0.15, 0.2) is 0 Å². The second kappa shape index (κ2) is 7.49. The fourth-order valence-corrected chi connectivity index (χ4v) is 7.63. The van der Waals surface area contributed by atoms with Gasteiger partial charge in [-0.25, -0.2) is 4.79 Å². The number of esters is 1. The van der Waals surface area contributed by atoms with Crippen molar-refractivity contribution in [1.29, 1.82) is 0 Å². The fraction of sp³-hybridized carbons (Fsp3) is 0.591. The van der Waals surface area contributed by atoms with E-state index in [4.69, 9.17) is 4.74 Å². The van der Waals surface area contributed by atoms with Gasteiger partial charge in [-0.15, -0.1) is 0 Å². The van der Waals surface area contributed by atoms with Crippen molar-refractivity contribution in [3.8, 4) is 0 Å². The number of benzene rings is 1. The number of ether oxygens (including phenoxy) is 1. The fourth-order valence-electron chi connectivity index (χ4n) is 5.75. The molecule has 1 aromatic rings. The largest absolute Gasteiger partial charge is 0.459 e. The van der Waals surface area contributed by atoms with Gasteiger partial charge in [0.05, 0.1) is 23.1 Å². The molecule has 2 amide bonds. The topological polar surface area (TPSA) is 63.7 Å². The lowest BCUT2D eigenvalue weighted by Gasteiger charge is -2.28. The van der Waals surface area contributed by atoms with E-state index in [0.29, 0.717) is 11.3 Å². The molecule has 1 heterocycles. The van der Waals surface area contributed by atoms with Gasteiger partial charge in [-0.1, -0.05) is 38.3 Å². The third-order valence-electron chi connectivity index (χ3n) is 7.17. The maximum atomic E-state index is 13.1. The summed E-state index contributed by atoms with van der Waals surface area (Å²) in [4.78, 5) is 40.4. The zero-order valence-corrected chi connectivity index (χ0v) is 19.1. The van der Waals surface area contributed by atoms with Crippen LogP contribution in [0.5, 0.6) is 0 Å². The van der Waals surface area contributed by atoms with Crippen LogP contribution in [0.1, 0.15) is 48.9 Å². The van der Waals surface area contributed by atoms with E-state index in [1.807, 2.05) is 0 Å². The summed E-state index contributed by atoms with van der Waals surface area (Å²) in [6.07, 6.45) is 6.18. The van der Waals surface area contributed by atoms with Gasteiger partial charge >= 0.3 is 5.97 Å². The molecule has 0 N–H and O–H groups in total. The van der Waals surface area contributed by atoms with E-state index in [0.717, 1.165) is 32.1 Å². The Labute approximate surface area is 186 Å². The standard InChI is InChI=1S/C22H23Br2NO4/c23-18-14-10-15(19(18)24)17-16(14)20(26)25(21(17)27)12-8-6-11(7-9-12)22(28)29-13-4-2-1-3-5-13/h6-9,13-19H,1-5,10H2. The number of nitrogens with zero attached hydrogens (tertiary/aromatic N) is 1. The molecule has 5 nitrogen and oxygen atoms in total. The maximum Gasteiger partial charge on any atom is 0.338 e. The van der Waals surface area contributed by atoms with Gasteiger partial charge < -0.3 is 4.74 Å². The average Bonchev–Trinajstić information content (AvgIpc) is 3.34. The van der Waals surface area contributed by atoms with Crippen molar-refractivity contribution in [3.05, 3.63) is 29.8 Å². The lowest BCUT2D eigenvalue weighted by atomic mass is 9.81. The molecule has 29 heavy (non-hydrogen) atoms. The monoisotopic (exact) mass is 523 g/mol. The molecule has 3 saturated carbocycles. The summed E-state index contributed by atoms with van der Waals surface area (Å²) in [6, 6.07) is 6.69. The highest BCUT2D eigenvalue weighted by atomic mass is 79.9. The predicted octanol–water partition coefficient (Wildman–Crippen LogP) is 4.46. The van der Waals surface area contributed by atoms with E-state index in [-0.39, 0.29) is 57.2 Å². The summed E-state index contributed by atoms with van der Waals surface area (Å²) >= 11 is 7.41. The number of hydrogen-bond donors (Lipinski definition) is 0. The first kappa shape index (κ1) is 19.7. The Bertz CT molecular complexity index is 819. The van der Waals surface area contributed by atoms with Crippen LogP contribution in [0.4, 0.5) is 5.69 Å². The zero-order chi connectivity index (χ0) is 20.3. The number of fused-ring (bicyclic) bond motifs is 5. The average molecular weight is 525 g/mol. The van der Waals surface area contributed by atoms with Crippen LogP contribution >= 0.6 is 31.9 Å². The highest BCUT2D eigenvalue weighted by Gasteiger charge is 2.66. The predicted molar refractivity (Wildman–Crippen MR) is 115 cm³/mol. The van der Waals surface area contributed by atoms with Crippen molar-refractivity contribution in [2.75, 3.05) is 4.90 Å². The Hall–Kier alpha value is -1.21. The number of carbonyl (C=O) groups excluding carboxylic acids is 3. The van der Waals surface area contributed by atoms with Gasteiger partial charge in [0.1, 0.15) is 6.10 Å². The number of rotatable bonds is 3. The molecule has 1 saturated heterocycles. The molecule has 6 atom stereocenters. The molecular formula is C22H23Br2NO4. The normalized spacial score (nSPS) is 36.6. The summed E-state index contributed by atoms with van der Waals surface area (Å²) in [6.45, 7) is 0. The van der Waals surface area contributed by atoms with Crippen LogP contribution in [0.3, 0.4) is 0 Å². The maximum absolute atomic E-state index is 13.1.